The first-order chi connectivity index (χ1) is 9.72. The molecule has 108 valence electrons. The molecule has 1 atom stereocenters. The molecule has 3 rings (SSSR count). The van der Waals surface area contributed by atoms with Crippen LogP contribution >= 0.6 is 11.3 Å². The van der Waals surface area contributed by atoms with E-state index in [2.05, 4.69) is 52.9 Å². The highest BCUT2D eigenvalue weighted by Gasteiger charge is 2.21. The summed E-state index contributed by atoms with van der Waals surface area (Å²) in [5.41, 5.74) is 1.00. The smallest absolute Gasteiger partial charge is 0.151 e. The molecule has 0 saturated heterocycles. The lowest BCUT2D eigenvalue weighted by Crippen LogP contribution is -2.20. The van der Waals surface area contributed by atoms with E-state index in [1.165, 1.54) is 17.7 Å². The van der Waals surface area contributed by atoms with Crippen molar-refractivity contribution in [1.29, 1.82) is 0 Å². The Hall–Kier alpha value is -1.17. The standard InChI is InChI=1S/C15H21N3OS/c1-11(15-4-3-7-20-15)18(2)10-14-8-13(17-19-14)9-16-12-5-6-12/h3-4,7-8,11-12,16H,5-6,9-10H2,1-2H3. The van der Waals surface area contributed by atoms with Gasteiger partial charge in [-0.05, 0) is 38.3 Å². The summed E-state index contributed by atoms with van der Waals surface area (Å²) in [6.07, 6.45) is 2.59. The molecule has 20 heavy (non-hydrogen) atoms. The molecule has 2 aromatic heterocycles. The second kappa shape index (κ2) is 6.08. The summed E-state index contributed by atoms with van der Waals surface area (Å²) < 4.78 is 5.43. The molecule has 0 aromatic carbocycles. The number of hydrogen-bond donors (Lipinski definition) is 1. The average Bonchev–Trinajstić information content (AvgIpc) is 2.93. The molecule has 1 saturated carbocycles. The van der Waals surface area contributed by atoms with Crippen LogP contribution in [-0.4, -0.2) is 23.1 Å². The van der Waals surface area contributed by atoms with Gasteiger partial charge in [0.25, 0.3) is 0 Å². The predicted molar refractivity (Wildman–Crippen MR) is 80.6 cm³/mol. The van der Waals surface area contributed by atoms with E-state index in [4.69, 9.17) is 4.52 Å². The second-order valence-electron chi connectivity index (χ2n) is 5.55. The summed E-state index contributed by atoms with van der Waals surface area (Å²) in [7, 11) is 2.12. The maximum Gasteiger partial charge on any atom is 0.151 e. The maximum absolute atomic E-state index is 5.43. The van der Waals surface area contributed by atoms with Gasteiger partial charge in [-0.15, -0.1) is 11.3 Å². The van der Waals surface area contributed by atoms with Crippen molar-refractivity contribution >= 4 is 11.3 Å². The first-order valence-corrected chi connectivity index (χ1v) is 8.02. The molecule has 2 heterocycles. The molecular formula is C15H21N3OS. The lowest BCUT2D eigenvalue weighted by molar-refractivity contribution is 0.223. The fraction of sp³-hybridized carbons (Fsp3) is 0.533. The number of nitrogens with zero attached hydrogens (tertiary/aromatic N) is 2. The van der Waals surface area contributed by atoms with E-state index < -0.39 is 0 Å². The zero-order chi connectivity index (χ0) is 13.9. The van der Waals surface area contributed by atoms with Gasteiger partial charge in [0.1, 0.15) is 0 Å². The van der Waals surface area contributed by atoms with Crippen LogP contribution in [-0.2, 0) is 13.1 Å². The van der Waals surface area contributed by atoms with Crippen LogP contribution < -0.4 is 5.32 Å². The summed E-state index contributed by atoms with van der Waals surface area (Å²) >= 11 is 1.80. The van der Waals surface area contributed by atoms with Crippen LogP contribution in [0.1, 0.15) is 42.1 Å². The monoisotopic (exact) mass is 291 g/mol. The van der Waals surface area contributed by atoms with Crippen molar-refractivity contribution in [3.05, 3.63) is 39.9 Å². The molecule has 4 nitrogen and oxygen atoms in total. The van der Waals surface area contributed by atoms with Gasteiger partial charge in [-0.1, -0.05) is 11.2 Å². The highest BCUT2D eigenvalue weighted by atomic mass is 32.1. The number of aromatic nitrogens is 1. The van der Waals surface area contributed by atoms with Gasteiger partial charge >= 0.3 is 0 Å². The fourth-order valence-corrected chi connectivity index (χ4v) is 3.03. The summed E-state index contributed by atoms with van der Waals surface area (Å²) in [6.45, 7) is 3.83. The second-order valence-corrected chi connectivity index (χ2v) is 6.53. The number of rotatable bonds is 7. The van der Waals surface area contributed by atoms with Crippen molar-refractivity contribution in [3.63, 3.8) is 0 Å². The van der Waals surface area contributed by atoms with Crippen LogP contribution in [0.4, 0.5) is 0 Å². The van der Waals surface area contributed by atoms with Crippen molar-refractivity contribution in [2.24, 2.45) is 0 Å². The van der Waals surface area contributed by atoms with Gasteiger partial charge < -0.3 is 9.84 Å². The van der Waals surface area contributed by atoms with Crippen LogP contribution in [0.25, 0.3) is 0 Å². The molecule has 1 N–H and O–H groups in total. The zero-order valence-corrected chi connectivity index (χ0v) is 12.8. The van der Waals surface area contributed by atoms with E-state index >= 15 is 0 Å². The number of nitrogens with one attached hydrogen (secondary N) is 1. The molecule has 1 aliphatic rings. The molecule has 1 aliphatic carbocycles. The minimum absolute atomic E-state index is 0.396. The fourth-order valence-electron chi connectivity index (χ4n) is 2.18. The Kier molecular flexibility index (Phi) is 4.19. The lowest BCUT2D eigenvalue weighted by atomic mass is 10.2. The number of thiophene rings is 1. The van der Waals surface area contributed by atoms with Gasteiger partial charge in [-0.2, -0.15) is 0 Å². The van der Waals surface area contributed by atoms with Gasteiger partial charge in [-0.3, -0.25) is 4.90 Å². The zero-order valence-electron chi connectivity index (χ0n) is 12.0. The molecule has 0 radical (unpaired) electrons. The van der Waals surface area contributed by atoms with Crippen LogP contribution in [0.5, 0.6) is 0 Å². The van der Waals surface area contributed by atoms with Crippen molar-refractivity contribution in [2.45, 2.75) is 44.9 Å². The normalized spacial score (nSPS) is 16.8. The van der Waals surface area contributed by atoms with E-state index in [9.17, 15) is 0 Å². The summed E-state index contributed by atoms with van der Waals surface area (Å²) in [5, 5.41) is 9.70. The largest absolute Gasteiger partial charge is 0.360 e. The van der Waals surface area contributed by atoms with Gasteiger partial charge in [0.15, 0.2) is 5.76 Å². The third-order valence-electron chi connectivity index (χ3n) is 3.78. The molecule has 2 aromatic rings. The van der Waals surface area contributed by atoms with Crippen molar-refractivity contribution in [1.82, 2.24) is 15.4 Å². The molecular weight excluding hydrogens is 270 g/mol. The molecule has 0 bridgehead atoms. The quantitative estimate of drug-likeness (QED) is 0.850. The third-order valence-corrected chi connectivity index (χ3v) is 4.82. The lowest BCUT2D eigenvalue weighted by Gasteiger charge is -2.22. The van der Waals surface area contributed by atoms with Crippen molar-refractivity contribution in [3.8, 4) is 0 Å². The van der Waals surface area contributed by atoms with Gasteiger partial charge in [0, 0.05) is 29.6 Å². The summed E-state index contributed by atoms with van der Waals surface area (Å²) in [4.78, 5) is 3.66. The van der Waals surface area contributed by atoms with Crippen LogP contribution in [0, 0.1) is 0 Å². The van der Waals surface area contributed by atoms with E-state index in [1.807, 2.05) is 0 Å². The Bertz CT molecular complexity index is 533. The molecule has 5 heteroatoms. The average molecular weight is 291 g/mol. The van der Waals surface area contributed by atoms with Crippen molar-refractivity contribution < 1.29 is 4.52 Å². The minimum Gasteiger partial charge on any atom is -0.360 e. The molecule has 0 aliphatic heterocycles. The van der Waals surface area contributed by atoms with Crippen LogP contribution in [0.15, 0.2) is 28.1 Å². The first-order valence-electron chi connectivity index (χ1n) is 7.14. The Morgan fingerprint density at radius 2 is 2.40 bits per heavy atom. The Morgan fingerprint density at radius 3 is 3.10 bits per heavy atom. The van der Waals surface area contributed by atoms with Crippen molar-refractivity contribution in [2.75, 3.05) is 7.05 Å². The molecule has 1 unspecified atom stereocenters. The highest BCUT2D eigenvalue weighted by Crippen LogP contribution is 2.25. The SMILES string of the molecule is CC(c1cccs1)N(C)Cc1cc(CNC2CC2)no1. The maximum atomic E-state index is 5.43. The topological polar surface area (TPSA) is 41.3 Å². The minimum atomic E-state index is 0.396. The summed E-state index contributed by atoms with van der Waals surface area (Å²) in [5.74, 6) is 0.934. The molecule has 0 amide bonds. The van der Waals surface area contributed by atoms with Gasteiger partial charge in [0.2, 0.25) is 0 Å². The molecule has 1 fully saturated rings. The third kappa shape index (κ3) is 3.48. The van der Waals surface area contributed by atoms with Crippen LogP contribution in [0.2, 0.25) is 0 Å². The van der Waals surface area contributed by atoms with E-state index in [0.29, 0.717) is 12.1 Å². The van der Waals surface area contributed by atoms with E-state index in [1.54, 1.807) is 11.3 Å². The Labute approximate surface area is 123 Å². The first kappa shape index (κ1) is 13.8. The summed E-state index contributed by atoms with van der Waals surface area (Å²) in [6, 6.07) is 7.44. The Balaban J connectivity index is 1.53. The van der Waals surface area contributed by atoms with E-state index in [0.717, 1.165) is 24.5 Å². The van der Waals surface area contributed by atoms with Crippen LogP contribution in [0.3, 0.4) is 0 Å². The number of hydrogen-bond acceptors (Lipinski definition) is 5. The Morgan fingerprint density at radius 1 is 1.55 bits per heavy atom. The van der Waals surface area contributed by atoms with E-state index in [-0.39, 0.29) is 0 Å². The van der Waals surface area contributed by atoms with Gasteiger partial charge in [-0.25, -0.2) is 0 Å². The predicted octanol–water partition coefficient (Wildman–Crippen LogP) is 3.18. The van der Waals surface area contributed by atoms with Gasteiger partial charge in [0.05, 0.1) is 12.2 Å². The molecule has 0 spiro atoms. The highest BCUT2D eigenvalue weighted by molar-refractivity contribution is 7.10.